The van der Waals surface area contributed by atoms with E-state index >= 15 is 0 Å². The summed E-state index contributed by atoms with van der Waals surface area (Å²) in [5.41, 5.74) is 0.0112. The first kappa shape index (κ1) is 13.8. The van der Waals surface area contributed by atoms with Crippen LogP contribution in [0.1, 0.15) is 32.8 Å². The standard InChI is InChI=1S/C14H22O3/c1-10(2)9-14(3,15)11-6-7-12(16-4)13(8-11)17-5/h6-8,10,15H,9H2,1-5H3. The van der Waals surface area contributed by atoms with E-state index < -0.39 is 5.60 Å². The predicted molar refractivity (Wildman–Crippen MR) is 68.6 cm³/mol. The van der Waals surface area contributed by atoms with Crippen LogP contribution in [-0.2, 0) is 5.60 Å². The van der Waals surface area contributed by atoms with E-state index in [9.17, 15) is 5.11 Å². The van der Waals surface area contributed by atoms with Gasteiger partial charge in [-0.15, -0.1) is 0 Å². The third-order valence-corrected chi connectivity index (χ3v) is 2.81. The molecule has 0 radical (unpaired) electrons. The molecule has 96 valence electrons. The van der Waals surface area contributed by atoms with Gasteiger partial charge >= 0.3 is 0 Å². The van der Waals surface area contributed by atoms with Gasteiger partial charge in [0.15, 0.2) is 11.5 Å². The van der Waals surface area contributed by atoms with Gasteiger partial charge in [-0.05, 0) is 37.0 Å². The summed E-state index contributed by atoms with van der Waals surface area (Å²) >= 11 is 0. The molecule has 0 amide bonds. The van der Waals surface area contributed by atoms with E-state index in [1.54, 1.807) is 14.2 Å². The fourth-order valence-electron chi connectivity index (χ4n) is 2.08. The first-order valence-corrected chi connectivity index (χ1v) is 5.85. The lowest BCUT2D eigenvalue weighted by Crippen LogP contribution is -2.23. The van der Waals surface area contributed by atoms with Gasteiger partial charge in [0, 0.05) is 0 Å². The Morgan fingerprint density at radius 1 is 1.18 bits per heavy atom. The highest BCUT2D eigenvalue weighted by Gasteiger charge is 2.25. The number of benzene rings is 1. The van der Waals surface area contributed by atoms with Crippen LogP contribution in [0.2, 0.25) is 0 Å². The fourth-order valence-corrected chi connectivity index (χ4v) is 2.08. The van der Waals surface area contributed by atoms with Gasteiger partial charge in [0.05, 0.1) is 19.8 Å². The van der Waals surface area contributed by atoms with Crippen LogP contribution < -0.4 is 9.47 Å². The normalized spacial score (nSPS) is 14.5. The minimum Gasteiger partial charge on any atom is -0.493 e. The van der Waals surface area contributed by atoms with Gasteiger partial charge in [-0.25, -0.2) is 0 Å². The SMILES string of the molecule is COc1ccc(C(C)(O)CC(C)C)cc1OC. The average Bonchev–Trinajstić information content (AvgIpc) is 2.26. The van der Waals surface area contributed by atoms with Crippen LogP contribution in [-0.4, -0.2) is 19.3 Å². The average molecular weight is 238 g/mol. The first-order valence-electron chi connectivity index (χ1n) is 5.85. The van der Waals surface area contributed by atoms with E-state index in [0.29, 0.717) is 23.8 Å². The first-order chi connectivity index (χ1) is 7.90. The maximum absolute atomic E-state index is 10.4. The van der Waals surface area contributed by atoms with Crippen molar-refractivity contribution < 1.29 is 14.6 Å². The smallest absolute Gasteiger partial charge is 0.161 e. The molecule has 1 aromatic carbocycles. The summed E-state index contributed by atoms with van der Waals surface area (Å²) in [5, 5.41) is 10.4. The minimum atomic E-state index is -0.840. The minimum absolute atomic E-state index is 0.429. The number of ether oxygens (including phenoxy) is 2. The lowest BCUT2D eigenvalue weighted by Gasteiger charge is -2.26. The third kappa shape index (κ3) is 3.37. The van der Waals surface area contributed by atoms with Crippen LogP contribution >= 0.6 is 0 Å². The molecule has 0 saturated carbocycles. The zero-order valence-corrected chi connectivity index (χ0v) is 11.3. The lowest BCUT2D eigenvalue weighted by molar-refractivity contribution is 0.0346. The summed E-state index contributed by atoms with van der Waals surface area (Å²) < 4.78 is 10.4. The zero-order chi connectivity index (χ0) is 13.1. The Bertz CT molecular complexity index is 370. The molecule has 1 N–H and O–H groups in total. The van der Waals surface area contributed by atoms with Crippen molar-refractivity contribution in [2.45, 2.75) is 32.8 Å². The Labute approximate surface area is 103 Å². The van der Waals surface area contributed by atoms with Gasteiger partial charge in [0.25, 0.3) is 0 Å². The molecule has 1 atom stereocenters. The molecular formula is C14H22O3. The summed E-state index contributed by atoms with van der Waals surface area (Å²) in [4.78, 5) is 0. The molecule has 0 aromatic heterocycles. The number of aliphatic hydroxyl groups is 1. The van der Waals surface area contributed by atoms with Crippen LogP contribution in [0.15, 0.2) is 18.2 Å². The third-order valence-electron chi connectivity index (χ3n) is 2.81. The topological polar surface area (TPSA) is 38.7 Å². The molecule has 1 rings (SSSR count). The second kappa shape index (κ2) is 5.41. The molecule has 0 aliphatic rings. The van der Waals surface area contributed by atoms with Crippen molar-refractivity contribution in [1.29, 1.82) is 0 Å². The highest BCUT2D eigenvalue weighted by atomic mass is 16.5. The van der Waals surface area contributed by atoms with Gasteiger partial charge < -0.3 is 14.6 Å². The molecule has 1 unspecified atom stereocenters. The number of methoxy groups -OCH3 is 2. The molecule has 0 heterocycles. The Morgan fingerprint density at radius 2 is 1.76 bits per heavy atom. The van der Waals surface area contributed by atoms with Crippen LogP contribution in [0.4, 0.5) is 0 Å². The van der Waals surface area contributed by atoms with E-state index in [0.717, 1.165) is 5.56 Å². The van der Waals surface area contributed by atoms with E-state index in [1.165, 1.54) is 0 Å². The summed E-state index contributed by atoms with van der Waals surface area (Å²) in [6.45, 7) is 6.01. The zero-order valence-electron chi connectivity index (χ0n) is 11.3. The summed E-state index contributed by atoms with van der Waals surface area (Å²) in [7, 11) is 3.20. The molecule has 0 aliphatic heterocycles. The van der Waals surface area contributed by atoms with E-state index in [2.05, 4.69) is 13.8 Å². The highest BCUT2D eigenvalue weighted by molar-refractivity contribution is 5.44. The Balaban J connectivity index is 3.06. The molecule has 1 aromatic rings. The van der Waals surface area contributed by atoms with Gasteiger partial charge in [-0.3, -0.25) is 0 Å². The number of hydrogen-bond acceptors (Lipinski definition) is 3. The summed E-state index contributed by atoms with van der Waals surface area (Å²) in [5.74, 6) is 1.75. The fraction of sp³-hybridized carbons (Fsp3) is 0.571. The van der Waals surface area contributed by atoms with Crippen molar-refractivity contribution in [3.63, 3.8) is 0 Å². The molecule has 0 spiro atoms. The summed E-state index contributed by atoms with van der Waals surface area (Å²) in [6.07, 6.45) is 0.711. The molecule has 0 saturated heterocycles. The summed E-state index contributed by atoms with van der Waals surface area (Å²) in [6, 6.07) is 5.54. The Hall–Kier alpha value is -1.22. The molecule has 17 heavy (non-hydrogen) atoms. The van der Waals surface area contributed by atoms with Crippen LogP contribution in [0.25, 0.3) is 0 Å². The van der Waals surface area contributed by atoms with Crippen molar-refractivity contribution in [1.82, 2.24) is 0 Å². The maximum Gasteiger partial charge on any atom is 0.161 e. The lowest BCUT2D eigenvalue weighted by atomic mass is 9.87. The van der Waals surface area contributed by atoms with Gasteiger partial charge in [-0.2, -0.15) is 0 Å². The largest absolute Gasteiger partial charge is 0.493 e. The molecule has 3 nitrogen and oxygen atoms in total. The van der Waals surface area contributed by atoms with E-state index in [4.69, 9.17) is 9.47 Å². The molecule has 0 aliphatic carbocycles. The molecule has 0 bridgehead atoms. The van der Waals surface area contributed by atoms with E-state index in [-0.39, 0.29) is 0 Å². The number of rotatable bonds is 5. The van der Waals surface area contributed by atoms with Crippen LogP contribution in [0, 0.1) is 5.92 Å². The van der Waals surface area contributed by atoms with E-state index in [1.807, 2.05) is 25.1 Å². The quantitative estimate of drug-likeness (QED) is 0.857. The van der Waals surface area contributed by atoms with Crippen molar-refractivity contribution in [2.24, 2.45) is 5.92 Å². The van der Waals surface area contributed by atoms with Crippen molar-refractivity contribution in [2.75, 3.05) is 14.2 Å². The maximum atomic E-state index is 10.4. The van der Waals surface area contributed by atoms with Gasteiger partial charge in [-0.1, -0.05) is 19.9 Å². The van der Waals surface area contributed by atoms with Crippen molar-refractivity contribution >= 4 is 0 Å². The highest BCUT2D eigenvalue weighted by Crippen LogP contribution is 2.34. The van der Waals surface area contributed by atoms with Crippen LogP contribution in [0.3, 0.4) is 0 Å². The second-order valence-electron chi connectivity index (χ2n) is 4.94. The Kier molecular flexibility index (Phi) is 4.40. The van der Waals surface area contributed by atoms with Gasteiger partial charge in [0.2, 0.25) is 0 Å². The van der Waals surface area contributed by atoms with Gasteiger partial charge in [0.1, 0.15) is 0 Å². The molecular weight excluding hydrogens is 216 g/mol. The van der Waals surface area contributed by atoms with Crippen molar-refractivity contribution in [3.8, 4) is 11.5 Å². The monoisotopic (exact) mass is 238 g/mol. The van der Waals surface area contributed by atoms with Crippen LogP contribution in [0.5, 0.6) is 11.5 Å². The molecule has 3 heteroatoms. The predicted octanol–water partition coefficient (Wildman–Crippen LogP) is 2.96. The van der Waals surface area contributed by atoms with Crippen molar-refractivity contribution in [3.05, 3.63) is 23.8 Å². The molecule has 0 fully saturated rings. The second-order valence-corrected chi connectivity index (χ2v) is 4.94. The number of hydrogen-bond donors (Lipinski definition) is 1. The Morgan fingerprint density at radius 3 is 2.24 bits per heavy atom.